The summed E-state index contributed by atoms with van der Waals surface area (Å²) in [6.45, 7) is 8.70. The molecular weight excluding hydrogens is 294 g/mol. The highest BCUT2D eigenvalue weighted by molar-refractivity contribution is 7.17. The van der Waals surface area contributed by atoms with Crippen molar-refractivity contribution in [1.82, 2.24) is 14.8 Å². The quantitative estimate of drug-likeness (QED) is 0.874. The third-order valence-electron chi connectivity index (χ3n) is 4.12. The van der Waals surface area contributed by atoms with Gasteiger partial charge in [0.25, 0.3) is 5.91 Å². The molecule has 1 fully saturated rings. The van der Waals surface area contributed by atoms with Crippen molar-refractivity contribution in [3.8, 4) is 10.6 Å². The van der Waals surface area contributed by atoms with E-state index in [0.29, 0.717) is 0 Å². The molecule has 0 N–H and O–H groups in total. The number of thiazole rings is 1. The summed E-state index contributed by atoms with van der Waals surface area (Å²) in [4.78, 5) is 22.4. The molecule has 0 aliphatic carbocycles. The Morgan fingerprint density at radius 2 is 1.86 bits per heavy atom. The van der Waals surface area contributed by atoms with Crippen molar-refractivity contribution in [2.24, 2.45) is 0 Å². The molecule has 0 radical (unpaired) electrons. The molecule has 1 amide bonds. The predicted molar refractivity (Wildman–Crippen MR) is 90.3 cm³/mol. The fourth-order valence-corrected chi connectivity index (χ4v) is 3.75. The molecule has 5 heteroatoms. The number of aromatic nitrogens is 1. The van der Waals surface area contributed by atoms with Crippen LogP contribution < -0.4 is 0 Å². The highest BCUT2D eigenvalue weighted by atomic mass is 32.1. The molecular formula is C17H21N3OS. The van der Waals surface area contributed by atoms with Crippen LogP contribution in [-0.2, 0) is 0 Å². The topological polar surface area (TPSA) is 36.4 Å². The zero-order chi connectivity index (χ0) is 15.5. The van der Waals surface area contributed by atoms with Crippen LogP contribution in [0.2, 0.25) is 0 Å². The van der Waals surface area contributed by atoms with Crippen LogP contribution in [0.3, 0.4) is 0 Å². The maximum atomic E-state index is 12.7. The lowest BCUT2D eigenvalue weighted by Gasteiger charge is -2.33. The van der Waals surface area contributed by atoms with Crippen LogP contribution in [0.4, 0.5) is 0 Å². The van der Waals surface area contributed by atoms with Crippen LogP contribution >= 0.6 is 11.3 Å². The summed E-state index contributed by atoms with van der Waals surface area (Å²) < 4.78 is 0. The number of aryl methyl sites for hydroxylation is 1. The lowest BCUT2D eigenvalue weighted by molar-refractivity contribution is 0.0647. The highest BCUT2D eigenvalue weighted by Crippen LogP contribution is 2.28. The Morgan fingerprint density at radius 3 is 2.50 bits per heavy atom. The van der Waals surface area contributed by atoms with E-state index in [2.05, 4.69) is 16.8 Å². The van der Waals surface area contributed by atoms with Gasteiger partial charge in [0.05, 0.1) is 5.69 Å². The molecule has 2 aromatic rings. The van der Waals surface area contributed by atoms with Crippen molar-refractivity contribution in [3.63, 3.8) is 0 Å². The zero-order valence-corrected chi connectivity index (χ0v) is 13.9. The lowest BCUT2D eigenvalue weighted by atomic mass is 10.2. The van der Waals surface area contributed by atoms with Crippen molar-refractivity contribution < 1.29 is 4.79 Å². The summed E-state index contributed by atoms with van der Waals surface area (Å²) in [7, 11) is 0. The molecule has 1 saturated heterocycles. The monoisotopic (exact) mass is 315 g/mol. The molecule has 0 unspecified atom stereocenters. The largest absolute Gasteiger partial charge is 0.335 e. The number of piperazine rings is 1. The molecule has 3 rings (SSSR count). The van der Waals surface area contributed by atoms with Gasteiger partial charge < -0.3 is 9.80 Å². The van der Waals surface area contributed by atoms with Gasteiger partial charge in [-0.1, -0.05) is 37.3 Å². The van der Waals surface area contributed by atoms with E-state index in [9.17, 15) is 4.79 Å². The number of carbonyl (C=O) groups is 1. The second-order valence-electron chi connectivity index (χ2n) is 5.53. The minimum Gasteiger partial charge on any atom is -0.335 e. The van der Waals surface area contributed by atoms with Crippen LogP contribution in [0.15, 0.2) is 30.3 Å². The van der Waals surface area contributed by atoms with Gasteiger partial charge in [0.1, 0.15) is 9.88 Å². The number of amides is 1. The normalized spacial score (nSPS) is 16.0. The predicted octanol–water partition coefficient (Wildman–Crippen LogP) is 2.90. The third kappa shape index (κ3) is 3.05. The standard InChI is InChI=1S/C17H21N3OS/c1-3-19-9-11-20(12-10-19)17(21)15-13(2)18-16(22-15)14-7-5-4-6-8-14/h4-8H,3,9-12H2,1-2H3. The molecule has 2 heterocycles. The van der Waals surface area contributed by atoms with E-state index >= 15 is 0 Å². The molecule has 0 bridgehead atoms. The van der Waals surface area contributed by atoms with Crippen molar-refractivity contribution in [2.45, 2.75) is 13.8 Å². The van der Waals surface area contributed by atoms with E-state index in [-0.39, 0.29) is 5.91 Å². The van der Waals surface area contributed by atoms with Gasteiger partial charge in [0, 0.05) is 31.7 Å². The van der Waals surface area contributed by atoms with Gasteiger partial charge in [-0.15, -0.1) is 11.3 Å². The second kappa shape index (κ2) is 6.58. The highest BCUT2D eigenvalue weighted by Gasteiger charge is 2.25. The Hall–Kier alpha value is -1.72. The molecule has 1 aliphatic heterocycles. The van der Waals surface area contributed by atoms with E-state index in [4.69, 9.17) is 0 Å². The average molecular weight is 315 g/mol. The Kier molecular flexibility index (Phi) is 4.55. The Morgan fingerprint density at radius 1 is 1.18 bits per heavy atom. The maximum absolute atomic E-state index is 12.7. The van der Waals surface area contributed by atoms with Crippen molar-refractivity contribution >= 4 is 17.2 Å². The molecule has 4 nitrogen and oxygen atoms in total. The van der Waals surface area contributed by atoms with Crippen molar-refractivity contribution in [2.75, 3.05) is 32.7 Å². The minimum absolute atomic E-state index is 0.132. The molecule has 1 aromatic carbocycles. The van der Waals surface area contributed by atoms with Gasteiger partial charge in [0.15, 0.2) is 0 Å². The van der Waals surface area contributed by atoms with Crippen LogP contribution in [0, 0.1) is 6.92 Å². The molecule has 1 aliphatic rings. The lowest BCUT2D eigenvalue weighted by Crippen LogP contribution is -2.48. The number of benzene rings is 1. The summed E-state index contributed by atoms with van der Waals surface area (Å²) in [5.41, 5.74) is 1.91. The molecule has 0 atom stereocenters. The first kappa shape index (κ1) is 15.2. The second-order valence-corrected chi connectivity index (χ2v) is 6.53. The molecule has 22 heavy (non-hydrogen) atoms. The number of nitrogens with zero attached hydrogens (tertiary/aromatic N) is 3. The van der Waals surface area contributed by atoms with Gasteiger partial charge in [-0.2, -0.15) is 0 Å². The van der Waals surface area contributed by atoms with Crippen LogP contribution in [0.1, 0.15) is 22.3 Å². The summed E-state index contributed by atoms with van der Waals surface area (Å²) in [5.74, 6) is 0.132. The summed E-state index contributed by atoms with van der Waals surface area (Å²) in [6.07, 6.45) is 0. The minimum atomic E-state index is 0.132. The molecule has 0 saturated carbocycles. The number of rotatable bonds is 3. The Balaban J connectivity index is 1.78. The summed E-state index contributed by atoms with van der Waals surface area (Å²) >= 11 is 1.50. The van der Waals surface area contributed by atoms with Gasteiger partial charge in [-0.05, 0) is 13.5 Å². The van der Waals surface area contributed by atoms with Crippen molar-refractivity contribution in [1.29, 1.82) is 0 Å². The fourth-order valence-electron chi connectivity index (χ4n) is 2.71. The van der Waals surface area contributed by atoms with Crippen LogP contribution in [0.5, 0.6) is 0 Å². The van der Waals surface area contributed by atoms with E-state index in [1.165, 1.54) is 11.3 Å². The van der Waals surface area contributed by atoms with Crippen LogP contribution in [0.25, 0.3) is 10.6 Å². The summed E-state index contributed by atoms with van der Waals surface area (Å²) in [6, 6.07) is 10.1. The van der Waals surface area contributed by atoms with E-state index < -0.39 is 0 Å². The van der Waals surface area contributed by atoms with E-state index in [0.717, 1.165) is 53.9 Å². The molecule has 116 valence electrons. The Bertz CT molecular complexity index is 645. The molecule has 1 aromatic heterocycles. The van der Waals surface area contributed by atoms with Gasteiger partial charge in [-0.25, -0.2) is 4.98 Å². The first-order valence-corrected chi connectivity index (χ1v) is 8.55. The van der Waals surface area contributed by atoms with Crippen molar-refractivity contribution in [3.05, 3.63) is 40.9 Å². The van der Waals surface area contributed by atoms with E-state index in [1.54, 1.807) is 0 Å². The molecule has 0 spiro atoms. The summed E-state index contributed by atoms with van der Waals surface area (Å²) in [5, 5.41) is 0.925. The number of hydrogen-bond donors (Lipinski definition) is 0. The number of carbonyl (C=O) groups excluding carboxylic acids is 1. The van der Waals surface area contributed by atoms with Gasteiger partial charge >= 0.3 is 0 Å². The number of likely N-dealkylation sites (N-methyl/N-ethyl adjacent to an activating group) is 1. The smallest absolute Gasteiger partial charge is 0.265 e. The van der Waals surface area contributed by atoms with Gasteiger partial charge in [-0.3, -0.25) is 4.79 Å². The third-order valence-corrected chi connectivity index (χ3v) is 5.31. The van der Waals surface area contributed by atoms with Crippen LogP contribution in [-0.4, -0.2) is 53.4 Å². The fraction of sp³-hybridized carbons (Fsp3) is 0.412. The maximum Gasteiger partial charge on any atom is 0.265 e. The van der Waals surface area contributed by atoms with E-state index in [1.807, 2.05) is 42.2 Å². The Labute approximate surface area is 135 Å². The average Bonchev–Trinajstić information content (AvgIpc) is 2.97. The number of hydrogen-bond acceptors (Lipinski definition) is 4. The van der Waals surface area contributed by atoms with Gasteiger partial charge in [0.2, 0.25) is 0 Å². The zero-order valence-electron chi connectivity index (χ0n) is 13.1. The SMILES string of the molecule is CCN1CCN(C(=O)c2sc(-c3ccccc3)nc2C)CC1. The first-order valence-electron chi connectivity index (χ1n) is 7.73. The first-order chi connectivity index (χ1) is 10.7.